The highest BCUT2D eigenvalue weighted by Crippen LogP contribution is 2.23. The molecule has 102 valence electrons. The van der Waals surface area contributed by atoms with Gasteiger partial charge in [-0.2, -0.15) is 0 Å². The van der Waals surface area contributed by atoms with Crippen molar-refractivity contribution in [3.63, 3.8) is 0 Å². The van der Waals surface area contributed by atoms with Crippen LogP contribution in [0.3, 0.4) is 0 Å². The minimum atomic E-state index is 0.155. The van der Waals surface area contributed by atoms with Gasteiger partial charge in [0.25, 0.3) is 0 Å². The largest absolute Gasteiger partial charge is 0.330 e. The molecule has 0 aromatic carbocycles. The number of piperidine rings is 1. The topological polar surface area (TPSA) is 33.1 Å². The van der Waals surface area contributed by atoms with Crippen LogP contribution in [0.1, 0.15) is 45.3 Å². The van der Waals surface area contributed by atoms with Gasteiger partial charge in [0.15, 0.2) is 0 Å². The lowest BCUT2D eigenvalue weighted by Crippen LogP contribution is -2.36. The van der Waals surface area contributed by atoms with E-state index in [1.165, 1.54) is 31.6 Å². The van der Waals surface area contributed by atoms with Gasteiger partial charge in [0, 0.05) is 24.3 Å². The Morgan fingerprint density at radius 2 is 2.00 bits per heavy atom. The summed E-state index contributed by atoms with van der Waals surface area (Å²) in [7, 11) is 2.20. The van der Waals surface area contributed by atoms with Crippen LogP contribution in [0, 0.1) is 0 Å². The van der Waals surface area contributed by atoms with E-state index >= 15 is 0 Å². The van der Waals surface area contributed by atoms with E-state index in [-0.39, 0.29) is 5.54 Å². The van der Waals surface area contributed by atoms with Crippen LogP contribution in [0.5, 0.6) is 0 Å². The average Bonchev–Trinajstić information content (AvgIpc) is 2.75. The SMILES string of the molecule is CN1CCC(n2cncc2CNC(C)(C)C)CC1. The minimum absolute atomic E-state index is 0.155. The van der Waals surface area contributed by atoms with Gasteiger partial charge in [-0.15, -0.1) is 0 Å². The maximum absolute atomic E-state index is 4.33. The Bertz CT molecular complexity index is 369. The van der Waals surface area contributed by atoms with E-state index in [2.05, 4.69) is 47.6 Å². The second-order valence-electron chi connectivity index (χ2n) is 6.43. The van der Waals surface area contributed by atoms with Crippen LogP contribution in [0.2, 0.25) is 0 Å². The van der Waals surface area contributed by atoms with E-state index in [1.54, 1.807) is 0 Å². The monoisotopic (exact) mass is 250 g/mol. The summed E-state index contributed by atoms with van der Waals surface area (Å²) in [5.41, 5.74) is 1.46. The molecule has 18 heavy (non-hydrogen) atoms. The lowest BCUT2D eigenvalue weighted by molar-refractivity contribution is 0.218. The summed E-state index contributed by atoms with van der Waals surface area (Å²) in [6, 6.07) is 0.625. The van der Waals surface area contributed by atoms with Crippen molar-refractivity contribution in [3.05, 3.63) is 18.2 Å². The summed E-state index contributed by atoms with van der Waals surface area (Å²) in [5.74, 6) is 0. The molecule has 2 heterocycles. The number of hydrogen-bond donors (Lipinski definition) is 1. The second kappa shape index (κ2) is 5.41. The number of rotatable bonds is 3. The van der Waals surface area contributed by atoms with E-state index in [9.17, 15) is 0 Å². The Morgan fingerprint density at radius 3 is 2.61 bits per heavy atom. The first-order valence-corrected chi connectivity index (χ1v) is 6.90. The zero-order chi connectivity index (χ0) is 13.2. The Labute approximate surface area is 110 Å². The molecular weight excluding hydrogens is 224 g/mol. The second-order valence-corrected chi connectivity index (χ2v) is 6.43. The molecule has 1 aromatic heterocycles. The van der Waals surface area contributed by atoms with E-state index in [4.69, 9.17) is 0 Å². The van der Waals surface area contributed by atoms with Gasteiger partial charge in [-0.1, -0.05) is 0 Å². The van der Waals surface area contributed by atoms with Gasteiger partial charge in [-0.05, 0) is 53.8 Å². The zero-order valence-electron chi connectivity index (χ0n) is 12.1. The van der Waals surface area contributed by atoms with Crippen molar-refractivity contribution in [3.8, 4) is 0 Å². The normalized spacial score (nSPS) is 19.3. The molecule has 0 aliphatic carbocycles. The molecule has 0 atom stereocenters. The van der Waals surface area contributed by atoms with Crippen LogP contribution in [0.25, 0.3) is 0 Å². The third-order valence-electron chi connectivity index (χ3n) is 3.63. The average molecular weight is 250 g/mol. The van der Waals surface area contributed by atoms with Crippen molar-refractivity contribution >= 4 is 0 Å². The molecule has 0 amide bonds. The molecular formula is C14H26N4. The molecule has 1 saturated heterocycles. The highest BCUT2D eigenvalue weighted by molar-refractivity contribution is 5.01. The lowest BCUT2D eigenvalue weighted by atomic mass is 10.0. The minimum Gasteiger partial charge on any atom is -0.330 e. The molecule has 0 saturated carbocycles. The standard InChI is InChI=1S/C14H26N4/c1-14(2,3)16-10-13-9-15-11-18(13)12-5-7-17(4)8-6-12/h9,11-12,16H,5-8,10H2,1-4H3. The number of nitrogens with zero attached hydrogens (tertiary/aromatic N) is 3. The maximum atomic E-state index is 4.33. The molecule has 1 aromatic rings. The quantitative estimate of drug-likeness (QED) is 0.891. The van der Waals surface area contributed by atoms with E-state index in [1.807, 2.05) is 12.5 Å². The van der Waals surface area contributed by atoms with Crippen LogP contribution >= 0.6 is 0 Å². The summed E-state index contributed by atoms with van der Waals surface area (Å²) >= 11 is 0. The molecule has 1 N–H and O–H groups in total. The molecule has 2 rings (SSSR count). The Morgan fingerprint density at radius 1 is 1.33 bits per heavy atom. The van der Waals surface area contributed by atoms with E-state index < -0.39 is 0 Å². The highest BCUT2D eigenvalue weighted by atomic mass is 15.2. The summed E-state index contributed by atoms with van der Waals surface area (Å²) < 4.78 is 2.37. The molecule has 4 heteroatoms. The summed E-state index contributed by atoms with van der Waals surface area (Å²) in [5, 5.41) is 3.54. The summed E-state index contributed by atoms with van der Waals surface area (Å²) in [4.78, 5) is 6.73. The number of nitrogens with one attached hydrogen (secondary N) is 1. The van der Waals surface area contributed by atoms with Crippen LogP contribution in [-0.2, 0) is 6.54 Å². The molecule has 0 bridgehead atoms. The molecule has 0 unspecified atom stereocenters. The van der Waals surface area contributed by atoms with Gasteiger partial charge in [0.2, 0.25) is 0 Å². The zero-order valence-corrected chi connectivity index (χ0v) is 12.1. The van der Waals surface area contributed by atoms with Crippen molar-refractivity contribution in [1.82, 2.24) is 19.8 Å². The Balaban J connectivity index is 1.99. The number of imidazole rings is 1. The maximum Gasteiger partial charge on any atom is 0.0951 e. The fraction of sp³-hybridized carbons (Fsp3) is 0.786. The Hall–Kier alpha value is -0.870. The molecule has 0 radical (unpaired) electrons. The van der Waals surface area contributed by atoms with E-state index in [0.717, 1.165) is 6.54 Å². The van der Waals surface area contributed by atoms with Crippen molar-refractivity contribution in [1.29, 1.82) is 0 Å². The molecule has 1 fully saturated rings. The van der Waals surface area contributed by atoms with Crippen molar-refractivity contribution in [2.75, 3.05) is 20.1 Å². The van der Waals surface area contributed by atoms with Gasteiger partial charge in [-0.25, -0.2) is 4.98 Å². The van der Waals surface area contributed by atoms with Crippen LogP contribution in [0.4, 0.5) is 0 Å². The van der Waals surface area contributed by atoms with Gasteiger partial charge in [-0.3, -0.25) is 0 Å². The number of hydrogen-bond acceptors (Lipinski definition) is 3. The van der Waals surface area contributed by atoms with Gasteiger partial charge in [0.1, 0.15) is 0 Å². The van der Waals surface area contributed by atoms with E-state index in [0.29, 0.717) is 6.04 Å². The van der Waals surface area contributed by atoms with Crippen LogP contribution in [0.15, 0.2) is 12.5 Å². The van der Waals surface area contributed by atoms with Gasteiger partial charge < -0.3 is 14.8 Å². The third kappa shape index (κ3) is 3.56. The predicted molar refractivity (Wildman–Crippen MR) is 74.6 cm³/mol. The molecule has 4 nitrogen and oxygen atoms in total. The molecule has 1 aliphatic heterocycles. The molecule has 1 aliphatic rings. The third-order valence-corrected chi connectivity index (χ3v) is 3.63. The first kappa shape index (κ1) is 13.6. The fourth-order valence-electron chi connectivity index (χ4n) is 2.43. The smallest absolute Gasteiger partial charge is 0.0951 e. The first-order chi connectivity index (χ1) is 8.46. The van der Waals surface area contributed by atoms with Crippen molar-refractivity contribution in [2.24, 2.45) is 0 Å². The number of aromatic nitrogens is 2. The van der Waals surface area contributed by atoms with Crippen LogP contribution in [-0.4, -0.2) is 40.1 Å². The van der Waals surface area contributed by atoms with Crippen molar-refractivity contribution < 1.29 is 0 Å². The van der Waals surface area contributed by atoms with Gasteiger partial charge >= 0.3 is 0 Å². The molecule has 0 spiro atoms. The Kier molecular flexibility index (Phi) is 4.07. The summed E-state index contributed by atoms with van der Waals surface area (Å²) in [6.45, 7) is 9.87. The predicted octanol–water partition coefficient (Wildman–Crippen LogP) is 2.04. The fourth-order valence-corrected chi connectivity index (χ4v) is 2.43. The van der Waals surface area contributed by atoms with Gasteiger partial charge in [0.05, 0.1) is 12.0 Å². The van der Waals surface area contributed by atoms with Crippen molar-refractivity contribution in [2.45, 2.75) is 51.7 Å². The van der Waals surface area contributed by atoms with Crippen LogP contribution < -0.4 is 5.32 Å². The number of likely N-dealkylation sites (tertiary alicyclic amines) is 1. The lowest BCUT2D eigenvalue weighted by Gasteiger charge is -2.31. The first-order valence-electron chi connectivity index (χ1n) is 6.90. The summed E-state index contributed by atoms with van der Waals surface area (Å²) in [6.07, 6.45) is 6.46. The highest BCUT2D eigenvalue weighted by Gasteiger charge is 2.20.